The number of benzene rings is 1. The molecule has 1 aromatic rings. The molecule has 0 bridgehead atoms. The molecule has 0 heterocycles. The van der Waals surface area contributed by atoms with Crippen LogP contribution < -0.4 is 10.1 Å². The lowest BCUT2D eigenvalue weighted by molar-refractivity contribution is -0.147. The number of rotatable bonds is 4. The fourth-order valence-electron chi connectivity index (χ4n) is 2.05. The molecule has 2 rings (SSSR count). The summed E-state index contributed by atoms with van der Waals surface area (Å²) in [6, 6.07) is 3.62. The molecule has 0 atom stereocenters. The van der Waals surface area contributed by atoms with Crippen molar-refractivity contribution < 1.29 is 19.4 Å². The van der Waals surface area contributed by atoms with E-state index in [9.17, 15) is 9.59 Å². The molecule has 1 fully saturated rings. The number of carbonyl (C=O) groups excluding carboxylic acids is 1. The average molecular weight is 263 g/mol. The summed E-state index contributed by atoms with van der Waals surface area (Å²) in [5, 5.41) is 11.8. The predicted octanol–water partition coefficient (Wildman–Crippen LogP) is 2.12. The van der Waals surface area contributed by atoms with E-state index < -0.39 is 17.3 Å². The molecule has 5 heteroatoms. The molecule has 1 saturated carbocycles. The summed E-state index contributed by atoms with van der Waals surface area (Å²) in [5.41, 5.74) is 1.15. The van der Waals surface area contributed by atoms with E-state index in [1.54, 1.807) is 13.2 Å². The summed E-state index contributed by atoms with van der Waals surface area (Å²) in [6.07, 6.45) is 0.810. The number of ether oxygens (including phenoxy) is 1. The third kappa shape index (κ3) is 2.28. The first-order chi connectivity index (χ1) is 8.90. The van der Waals surface area contributed by atoms with Gasteiger partial charge in [0.25, 0.3) is 0 Å². The summed E-state index contributed by atoms with van der Waals surface area (Å²) in [6.45, 7) is 3.72. The number of methoxy groups -OCH3 is 1. The predicted molar refractivity (Wildman–Crippen MR) is 70.4 cm³/mol. The molecule has 1 aromatic carbocycles. The highest BCUT2D eigenvalue weighted by atomic mass is 16.5. The minimum absolute atomic E-state index is 0.405. The van der Waals surface area contributed by atoms with Crippen LogP contribution >= 0.6 is 0 Å². The van der Waals surface area contributed by atoms with Crippen molar-refractivity contribution in [1.29, 1.82) is 0 Å². The zero-order valence-corrected chi connectivity index (χ0v) is 11.2. The minimum atomic E-state index is -1.22. The average Bonchev–Trinajstić information content (AvgIpc) is 3.14. The van der Waals surface area contributed by atoms with Crippen molar-refractivity contribution in [2.75, 3.05) is 12.4 Å². The highest BCUT2D eigenvalue weighted by Gasteiger charge is 2.57. The molecule has 1 aliphatic carbocycles. The van der Waals surface area contributed by atoms with Crippen molar-refractivity contribution in [3.05, 3.63) is 23.3 Å². The largest absolute Gasteiger partial charge is 0.496 e. The SMILES string of the molecule is COc1cc(C)c(NC(=O)C2(C(=O)O)CC2)cc1C. The molecule has 5 nitrogen and oxygen atoms in total. The van der Waals surface area contributed by atoms with E-state index in [-0.39, 0.29) is 0 Å². The number of nitrogens with one attached hydrogen (secondary N) is 1. The first kappa shape index (κ1) is 13.4. The van der Waals surface area contributed by atoms with Crippen molar-refractivity contribution in [3.8, 4) is 5.75 Å². The number of aliphatic carboxylic acids is 1. The van der Waals surface area contributed by atoms with Crippen molar-refractivity contribution >= 4 is 17.6 Å². The van der Waals surface area contributed by atoms with Gasteiger partial charge in [-0.3, -0.25) is 9.59 Å². The van der Waals surface area contributed by atoms with Gasteiger partial charge >= 0.3 is 5.97 Å². The number of amides is 1. The molecule has 1 aliphatic rings. The Hall–Kier alpha value is -2.04. The van der Waals surface area contributed by atoms with Crippen LogP contribution in [0.2, 0.25) is 0 Å². The van der Waals surface area contributed by atoms with Gasteiger partial charge in [-0.2, -0.15) is 0 Å². The van der Waals surface area contributed by atoms with Gasteiger partial charge in [0.2, 0.25) is 5.91 Å². The Morgan fingerprint density at radius 1 is 1.26 bits per heavy atom. The zero-order chi connectivity index (χ0) is 14.2. The number of carbonyl (C=O) groups is 2. The summed E-state index contributed by atoms with van der Waals surface area (Å²) in [4.78, 5) is 23.1. The van der Waals surface area contributed by atoms with Crippen molar-refractivity contribution in [1.82, 2.24) is 0 Å². The van der Waals surface area contributed by atoms with Crippen molar-refractivity contribution in [2.45, 2.75) is 26.7 Å². The number of aryl methyl sites for hydroxylation is 2. The second-order valence-corrected chi connectivity index (χ2v) is 4.98. The third-order valence-corrected chi connectivity index (χ3v) is 3.58. The van der Waals surface area contributed by atoms with E-state index in [0.29, 0.717) is 18.5 Å². The van der Waals surface area contributed by atoms with E-state index >= 15 is 0 Å². The summed E-state index contributed by atoms with van der Waals surface area (Å²) < 4.78 is 5.20. The lowest BCUT2D eigenvalue weighted by Crippen LogP contribution is -2.31. The van der Waals surface area contributed by atoms with Gasteiger partial charge in [-0.1, -0.05) is 0 Å². The number of anilines is 1. The van der Waals surface area contributed by atoms with Crippen LogP contribution in [0.1, 0.15) is 24.0 Å². The number of carboxylic acids is 1. The molecule has 1 amide bonds. The van der Waals surface area contributed by atoms with Crippen LogP contribution in [0.3, 0.4) is 0 Å². The zero-order valence-electron chi connectivity index (χ0n) is 11.2. The van der Waals surface area contributed by atoms with Crippen LogP contribution in [-0.4, -0.2) is 24.1 Å². The quantitative estimate of drug-likeness (QED) is 0.816. The molecule has 0 aromatic heterocycles. The van der Waals surface area contributed by atoms with Crippen LogP contribution in [0.25, 0.3) is 0 Å². The first-order valence-electron chi connectivity index (χ1n) is 6.11. The summed E-state index contributed by atoms with van der Waals surface area (Å²) >= 11 is 0. The van der Waals surface area contributed by atoms with Crippen LogP contribution in [0.4, 0.5) is 5.69 Å². The normalized spacial score (nSPS) is 15.7. The lowest BCUT2D eigenvalue weighted by atomic mass is 10.1. The van der Waals surface area contributed by atoms with Crippen LogP contribution in [0.5, 0.6) is 5.75 Å². The van der Waals surface area contributed by atoms with Crippen molar-refractivity contribution in [2.24, 2.45) is 5.41 Å². The Balaban J connectivity index is 2.23. The Bertz CT molecular complexity index is 547. The highest BCUT2D eigenvalue weighted by Crippen LogP contribution is 2.47. The molecule has 0 saturated heterocycles. The second kappa shape index (κ2) is 4.57. The maximum atomic E-state index is 12.0. The molecule has 2 N–H and O–H groups in total. The lowest BCUT2D eigenvalue weighted by Gasteiger charge is -2.15. The van der Waals surface area contributed by atoms with E-state index in [4.69, 9.17) is 9.84 Å². The van der Waals surface area contributed by atoms with Crippen LogP contribution in [0, 0.1) is 19.3 Å². The first-order valence-corrected chi connectivity index (χ1v) is 6.11. The van der Waals surface area contributed by atoms with Crippen LogP contribution in [0.15, 0.2) is 12.1 Å². The number of carboxylic acid groups (broad SMARTS) is 1. The summed E-state index contributed by atoms with van der Waals surface area (Å²) in [5.74, 6) is -0.740. The maximum Gasteiger partial charge on any atom is 0.319 e. The van der Waals surface area contributed by atoms with Gasteiger partial charge in [-0.05, 0) is 49.9 Å². The Kier molecular flexibility index (Phi) is 3.22. The van der Waals surface area contributed by atoms with Crippen molar-refractivity contribution in [3.63, 3.8) is 0 Å². The van der Waals surface area contributed by atoms with Gasteiger partial charge in [-0.15, -0.1) is 0 Å². The Morgan fingerprint density at radius 2 is 1.89 bits per heavy atom. The fraction of sp³-hybridized carbons (Fsp3) is 0.429. The van der Waals surface area contributed by atoms with E-state index in [0.717, 1.165) is 16.9 Å². The molecule has 0 radical (unpaired) electrons. The fourth-order valence-corrected chi connectivity index (χ4v) is 2.05. The number of hydrogen-bond acceptors (Lipinski definition) is 3. The van der Waals surface area contributed by atoms with E-state index in [1.165, 1.54) is 0 Å². The van der Waals surface area contributed by atoms with Crippen LogP contribution in [-0.2, 0) is 9.59 Å². The van der Waals surface area contributed by atoms with Gasteiger partial charge < -0.3 is 15.2 Å². The van der Waals surface area contributed by atoms with E-state index in [1.807, 2.05) is 19.9 Å². The summed E-state index contributed by atoms with van der Waals surface area (Å²) in [7, 11) is 1.59. The minimum Gasteiger partial charge on any atom is -0.496 e. The third-order valence-electron chi connectivity index (χ3n) is 3.58. The van der Waals surface area contributed by atoms with E-state index in [2.05, 4.69) is 5.32 Å². The van der Waals surface area contributed by atoms with Gasteiger partial charge in [0.1, 0.15) is 11.2 Å². The Morgan fingerprint density at radius 3 is 2.37 bits per heavy atom. The molecule has 19 heavy (non-hydrogen) atoms. The van der Waals surface area contributed by atoms with Gasteiger partial charge in [0.15, 0.2) is 0 Å². The molecule has 0 spiro atoms. The Labute approximate surface area is 111 Å². The molecule has 0 unspecified atom stereocenters. The van der Waals surface area contributed by atoms with Gasteiger partial charge in [0.05, 0.1) is 7.11 Å². The monoisotopic (exact) mass is 263 g/mol. The maximum absolute atomic E-state index is 12.0. The molecular formula is C14H17NO4. The standard InChI is InChI=1S/C14H17NO4/c1-8-7-11(19-3)9(2)6-10(8)15-12(16)14(4-5-14)13(17)18/h6-7H,4-5H2,1-3H3,(H,15,16)(H,17,18). The molecule has 0 aliphatic heterocycles. The highest BCUT2D eigenvalue weighted by molar-refractivity contribution is 6.11. The topological polar surface area (TPSA) is 75.6 Å². The smallest absolute Gasteiger partial charge is 0.319 e. The molecule has 102 valence electrons. The molecular weight excluding hydrogens is 246 g/mol. The van der Waals surface area contributed by atoms with Gasteiger partial charge in [-0.25, -0.2) is 0 Å². The number of hydrogen-bond donors (Lipinski definition) is 2. The van der Waals surface area contributed by atoms with Gasteiger partial charge in [0, 0.05) is 5.69 Å². The second-order valence-electron chi connectivity index (χ2n) is 4.98.